The van der Waals surface area contributed by atoms with Gasteiger partial charge in [0, 0.05) is 18.7 Å². The molecule has 0 aromatic heterocycles. The van der Waals surface area contributed by atoms with Gasteiger partial charge in [-0.15, -0.1) is 0 Å². The Hall–Kier alpha value is -1.51. The van der Waals surface area contributed by atoms with Gasteiger partial charge in [0.25, 0.3) is 5.91 Å². The normalized spacial score (nSPS) is 18.8. The lowest BCUT2D eigenvalue weighted by Crippen LogP contribution is -2.41. The molecule has 0 bridgehead atoms. The minimum atomic E-state index is 0.0622. The van der Waals surface area contributed by atoms with Crippen LogP contribution in [0.2, 0.25) is 0 Å². The number of carbonyl (C=O) groups excluding carboxylic acids is 1. The second-order valence-corrected chi connectivity index (χ2v) is 6.81. The van der Waals surface area contributed by atoms with Crippen LogP contribution >= 0.6 is 0 Å². The van der Waals surface area contributed by atoms with E-state index >= 15 is 0 Å². The first-order valence-electron chi connectivity index (χ1n) is 7.37. The van der Waals surface area contributed by atoms with Gasteiger partial charge < -0.3 is 10.0 Å². The smallest absolute Gasteiger partial charge is 0.254 e. The van der Waals surface area contributed by atoms with Crippen LogP contribution in [0.5, 0.6) is 5.75 Å². The van der Waals surface area contributed by atoms with E-state index in [0.29, 0.717) is 17.0 Å². The van der Waals surface area contributed by atoms with Gasteiger partial charge in [0.1, 0.15) is 5.75 Å². The number of benzene rings is 1. The standard InChI is InChI=1S/C17H25NO2/c1-12-11-14(19)5-6-15(12)16(20)18(4)13-7-9-17(2,3)10-8-13/h5-6,11,13,19H,7-10H2,1-4H3. The lowest BCUT2D eigenvalue weighted by molar-refractivity contribution is 0.0634. The van der Waals surface area contributed by atoms with Gasteiger partial charge in [-0.2, -0.15) is 0 Å². The molecule has 0 saturated heterocycles. The summed E-state index contributed by atoms with van der Waals surface area (Å²) in [5, 5.41) is 9.44. The van der Waals surface area contributed by atoms with Crippen LogP contribution in [-0.4, -0.2) is 29.0 Å². The molecule has 1 aliphatic carbocycles. The maximum absolute atomic E-state index is 12.6. The summed E-state index contributed by atoms with van der Waals surface area (Å²) in [7, 11) is 1.90. The van der Waals surface area contributed by atoms with Crippen LogP contribution in [0.15, 0.2) is 18.2 Å². The highest BCUT2D eigenvalue weighted by Gasteiger charge is 2.31. The number of carbonyl (C=O) groups is 1. The Morgan fingerprint density at radius 3 is 2.45 bits per heavy atom. The molecule has 0 aliphatic heterocycles. The Labute approximate surface area is 121 Å². The van der Waals surface area contributed by atoms with Gasteiger partial charge in [0.15, 0.2) is 0 Å². The van der Waals surface area contributed by atoms with Gasteiger partial charge >= 0.3 is 0 Å². The molecule has 0 spiro atoms. The summed E-state index contributed by atoms with van der Waals surface area (Å²) in [6.07, 6.45) is 4.49. The number of hydrogen-bond donors (Lipinski definition) is 1. The SMILES string of the molecule is Cc1cc(O)ccc1C(=O)N(C)C1CCC(C)(C)CC1. The number of amides is 1. The van der Waals surface area contributed by atoms with Crippen molar-refractivity contribution in [2.24, 2.45) is 5.41 Å². The molecule has 0 unspecified atom stereocenters. The number of phenolic OH excluding ortho intramolecular Hbond substituents is 1. The van der Waals surface area contributed by atoms with Crippen molar-refractivity contribution >= 4 is 5.91 Å². The number of rotatable bonds is 2. The molecule has 0 heterocycles. The van der Waals surface area contributed by atoms with Crippen LogP contribution in [-0.2, 0) is 0 Å². The first-order chi connectivity index (χ1) is 9.30. The zero-order valence-corrected chi connectivity index (χ0v) is 12.9. The molecule has 110 valence electrons. The van der Waals surface area contributed by atoms with Crippen molar-refractivity contribution in [3.8, 4) is 5.75 Å². The van der Waals surface area contributed by atoms with Crippen LogP contribution in [0.25, 0.3) is 0 Å². The molecule has 3 heteroatoms. The molecule has 0 radical (unpaired) electrons. The lowest BCUT2D eigenvalue weighted by atomic mass is 9.75. The third-order valence-electron chi connectivity index (χ3n) is 4.62. The zero-order chi connectivity index (χ0) is 14.9. The number of aryl methyl sites for hydroxylation is 1. The van der Waals surface area contributed by atoms with Crippen LogP contribution in [0, 0.1) is 12.3 Å². The third kappa shape index (κ3) is 3.14. The fraction of sp³-hybridized carbons (Fsp3) is 0.588. The summed E-state index contributed by atoms with van der Waals surface area (Å²) < 4.78 is 0. The fourth-order valence-electron chi connectivity index (χ4n) is 3.01. The lowest BCUT2D eigenvalue weighted by Gasteiger charge is -2.38. The highest BCUT2D eigenvalue weighted by Crippen LogP contribution is 2.37. The average Bonchev–Trinajstić information content (AvgIpc) is 2.37. The van der Waals surface area contributed by atoms with Crippen molar-refractivity contribution < 1.29 is 9.90 Å². The summed E-state index contributed by atoms with van der Waals surface area (Å²) in [5.74, 6) is 0.272. The Balaban J connectivity index is 2.09. The first-order valence-corrected chi connectivity index (χ1v) is 7.37. The minimum Gasteiger partial charge on any atom is -0.508 e. The average molecular weight is 275 g/mol. The molecule has 1 amide bonds. The van der Waals surface area contributed by atoms with E-state index in [4.69, 9.17) is 0 Å². The third-order valence-corrected chi connectivity index (χ3v) is 4.62. The van der Waals surface area contributed by atoms with E-state index in [9.17, 15) is 9.90 Å². The van der Waals surface area contributed by atoms with Crippen LogP contribution in [0.3, 0.4) is 0 Å². The van der Waals surface area contributed by atoms with Crippen molar-refractivity contribution in [2.75, 3.05) is 7.05 Å². The second-order valence-electron chi connectivity index (χ2n) is 6.81. The molecule has 20 heavy (non-hydrogen) atoms. The molecular weight excluding hydrogens is 250 g/mol. The number of nitrogens with zero attached hydrogens (tertiary/aromatic N) is 1. The highest BCUT2D eigenvalue weighted by molar-refractivity contribution is 5.95. The van der Waals surface area contributed by atoms with Crippen molar-refractivity contribution in [1.82, 2.24) is 4.90 Å². The molecule has 1 fully saturated rings. The second kappa shape index (κ2) is 5.47. The zero-order valence-electron chi connectivity index (χ0n) is 12.9. The van der Waals surface area contributed by atoms with E-state index < -0.39 is 0 Å². The number of hydrogen-bond acceptors (Lipinski definition) is 2. The van der Waals surface area contributed by atoms with Crippen molar-refractivity contribution in [3.63, 3.8) is 0 Å². The molecule has 2 rings (SSSR count). The summed E-state index contributed by atoms with van der Waals surface area (Å²) in [6.45, 7) is 6.47. The summed E-state index contributed by atoms with van der Waals surface area (Å²) in [5.41, 5.74) is 1.93. The number of aromatic hydroxyl groups is 1. The van der Waals surface area contributed by atoms with Crippen molar-refractivity contribution in [2.45, 2.75) is 52.5 Å². The molecule has 1 saturated carbocycles. The molecule has 1 aromatic rings. The molecule has 3 nitrogen and oxygen atoms in total. The Bertz CT molecular complexity index is 498. The number of phenols is 1. The topological polar surface area (TPSA) is 40.5 Å². The predicted molar refractivity (Wildman–Crippen MR) is 81.0 cm³/mol. The first kappa shape index (κ1) is 14.9. The van der Waals surface area contributed by atoms with Gasteiger partial charge in [-0.05, 0) is 61.8 Å². The van der Waals surface area contributed by atoms with E-state index in [1.165, 1.54) is 12.8 Å². The van der Waals surface area contributed by atoms with Crippen LogP contribution in [0.4, 0.5) is 0 Å². The summed E-state index contributed by atoms with van der Waals surface area (Å²) in [4.78, 5) is 14.5. The highest BCUT2D eigenvalue weighted by atomic mass is 16.3. The largest absolute Gasteiger partial charge is 0.508 e. The maximum atomic E-state index is 12.6. The quantitative estimate of drug-likeness (QED) is 0.893. The molecule has 1 N–H and O–H groups in total. The van der Waals surface area contributed by atoms with Gasteiger partial charge in [0.2, 0.25) is 0 Å². The Morgan fingerprint density at radius 1 is 1.30 bits per heavy atom. The summed E-state index contributed by atoms with van der Waals surface area (Å²) >= 11 is 0. The fourth-order valence-corrected chi connectivity index (χ4v) is 3.01. The van der Waals surface area contributed by atoms with Crippen LogP contribution in [0.1, 0.15) is 55.5 Å². The van der Waals surface area contributed by atoms with Gasteiger partial charge in [0.05, 0.1) is 0 Å². The van der Waals surface area contributed by atoms with E-state index in [-0.39, 0.29) is 11.7 Å². The predicted octanol–water partition coefficient (Wildman–Crippen LogP) is 3.74. The van der Waals surface area contributed by atoms with Crippen LogP contribution < -0.4 is 0 Å². The molecule has 1 aliphatic rings. The van der Waals surface area contributed by atoms with Gasteiger partial charge in [-0.1, -0.05) is 13.8 Å². The maximum Gasteiger partial charge on any atom is 0.254 e. The molecule has 1 aromatic carbocycles. The minimum absolute atomic E-state index is 0.0622. The molecule has 0 atom stereocenters. The van der Waals surface area contributed by atoms with E-state index in [2.05, 4.69) is 13.8 Å². The van der Waals surface area contributed by atoms with E-state index in [0.717, 1.165) is 18.4 Å². The van der Waals surface area contributed by atoms with Crippen molar-refractivity contribution in [3.05, 3.63) is 29.3 Å². The summed E-state index contributed by atoms with van der Waals surface area (Å²) in [6, 6.07) is 5.28. The van der Waals surface area contributed by atoms with Gasteiger partial charge in [-0.25, -0.2) is 0 Å². The Kier molecular flexibility index (Phi) is 4.07. The van der Waals surface area contributed by atoms with Gasteiger partial charge in [-0.3, -0.25) is 4.79 Å². The monoisotopic (exact) mass is 275 g/mol. The Morgan fingerprint density at radius 2 is 1.90 bits per heavy atom. The van der Waals surface area contributed by atoms with E-state index in [1.54, 1.807) is 18.2 Å². The van der Waals surface area contributed by atoms with E-state index in [1.807, 2.05) is 18.9 Å². The van der Waals surface area contributed by atoms with Crippen molar-refractivity contribution in [1.29, 1.82) is 0 Å². The molecular formula is C17H25NO2.